The zero-order valence-corrected chi connectivity index (χ0v) is 23.0. The third-order valence-corrected chi connectivity index (χ3v) is 7.11. The van der Waals surface area contributed by atoms with Gasteiger partial charge in [0.2, 0.25) is 0 Å². The number of nitrogens with two attached hydrogens (primary N) is 1. The van der Waals surface area contributed by atoms with Crippen LogP contribution in [0, 0.1) is 25.2 Å². The van der Waals surface area contributed by atoms with Gasteiger partial charge in [0, 0.05) is 18.8 Å². The monoisotopic (exact) mass is 544 g/mol. The number of hydrogen-bond acceptors (Lipinski definition) is 9. The minimum absolute atomic E-state index is 0.0268. The summed E-state index contributed by atoms with van der Waals surface area (Å²) < 4.78 is 16.1. The summed E-state index contributed by atoms with van der Waals surface area (Å²) in [5, 5.41) is 10.2. The molecule has 10 heteroatoms. The maximum absolute atomic E-state index is 13.3. The molecule has 0 radical (unpaired) electrons. The summed E-state index contributed by atoms with van der Waals surface area (Å²) in [4.78, 5) is 42.2. The number of ether oxygens (including phenoxy) is 3. The van der Waals surface area contributed by atoms with Crippen LogP contribution in [0.25, 0.3) is 0 Å². The van der Waals surface area contributed by atoms with E-state index in [0.29, 0.717) is 28.1 Å². The standard InChI is InChI=1S/C30H32N4O6/c1-18-14-21(15-19(2)27(18)40-17-23(35)33-12-8-9-13-33)34-26(30(37)39-4)25(29(36)38-3)24(22(16-31)28(34)32)20-10-6-5-7-11-20/h5-7,10-11,14-15,24H,8-9,12-13,17,32H2,1-4H3. The van der Waals surface area contributed by atoms with E-state index < -0.39 is 17.9 Å². The molecule has 0 bridgehead atoms. The van der Waals surface area contributed by atoms with Crippen molar-refractivity contribution < 1.29 is 28.6 Å². The number of benzene rings is 2. The van der Waals surface area contributed by atoms with Crippen LogP contribution in [0.15, 0.2) is 65.1 Å². The van der Waals surface area contributed by atoms with Gasteiger partial charge in [0.15, 0.2) is 6.61 Å². The van der Waals surface area contributed by atoms with Gasteiger partial charge in [-0.05, 0) is 55.5 Å². The lowest BCUT2D eigenvalue weighted by Gasteiger charge is -2.36. The van der Waals surface area contributed by atoms with Gasteiger partial charge < -0.3 is 24.8 Å². The second kappa shape index (κ2) is 11.9. The molecule has 2 aromatic carbocycles. The molecule has 1 atom stereocenters. The number of rotatable bonds is 7. The number of likely N-dealkylation sites (tertiary alicyclic amines) is 1. The Morgan fingerprint density at radius 2 is 1.60 bits per heavy atom. The highest BCUT2D eigenvalue weighted by Crippen LogP contribution is 2.44. The summed E-state index contributed by atoms with van der Waals surface area (Å²) in [6.45, 7) is 4.98. The summed E-state index contributed by atoms with van der Waals surface area (Å²) in [5.41, 5.74) is 8.78. The van der Waals surface area contributed by atoms with Crippen molar-refractivity contribution in [2.24, 2.45) is 5.73 Å². The van der Waals surface area contributed by atoms with Crippen molar-refractivity contribution in [1.29, 1.82) is 5.26 Å². The molecule has 2 aliphatic rings. The van der Waals surface area contributed by atoms with E-state index in [1.165, 1.54) is 19.1 Å². The van der Waals surface area contributed by atoms with Gasteiger partial charge in [-0.15, -0.1) is 0 Å². The first-order chi connectivity index (χ1) is 19.2. The number of allylic oxidation sites excluding steroid dienone is 1. The first-order valence-electron chi connectivity index (χ1n) is 12.9. The zero-order chi connectivity index (χ0) is 29.0. The van der Waals surface area contributed by atoms with Crippen LogP contribution < -0.4 is 15.4 Å². The van der Waals surface area contributed by atoms with Crippen molar-refractivity contribution in [1.82, 2.24) is 4.90 Å². The molecule has 0 aromatic heterocycles. The Hall–Kier alpha value is -4.78. The molecular formula is C30H32N4O6. The topological polar surface area (TPSA) is 135 Å². The smallest absolute Gasteiger partial charge is 0.355 e. The molecule has 0 spiro atoms. The summed E-state index contributed by atoms with van der Waals surface area (Å²) in [6.07, 6.45) is 1.98. The first-order valence-corrected chi connectivity index (χ1v) is 12.9. The van der Waals surface area contributed by atoms with Gasteiger partial charge in [0.25, 0.3) is 5.91 Å². The number of nitrogens with zero attached hydrogens (tertiary/aromatic N) is 3. The Morgan fingerprint density at radius 3 is 2.15 bits per heavy atom. The molecular weight excluding hydrogens is 512 g/mol. The van der Waals surface area contributed by atoms with Crippen LogP contribution in [-0.2, 0) is 23.9 Å². The van der Waals surface area contributed by atoms with Crippen LogP contribution in [0.3, 0.4) is 0 Å². The second-order valence-corrected chi connectivity index (χ2v) is 9.62. The van der Waals surface area contributed by atoms with Crippen LogP contribution in [0.5, 0.6) is 5.75 Å². The minimum atomic E-state index is -0.953. The van der Waals surface area contributed by atoms with Gasteiger partial charge in [-0.1, -0.05) is 30.3 Å². The number of anilines is 1. The van der Waals surface area contributed by atoms with Crippen LogP contribution in [0.4, 0.5) is 5.69 Å². The maximum atomic E-state index is 13.3. The molecule has 0 saturated carbocycles. The van der Waals surface area contributed by atoms with Crippen LogP contribution in [0.2, 0.25) is 0 Å². The Balaban J connectivity index is 1.84. The van der Waals surface area contributed by atoms with Crippen molar-refractivity contribution in [2.45, 2.75) is 32.6 Å². The van der Waals surface area contributed by atoms with Gasteiger partial charge in [0.1, 0.15) is 17.3 Å². The van der Waals surface area contributed by atoms with Crippen molar-refractivity contribution in [2.75, 3.05) is 38.8 Å². The summed E-state index contributed by atoms with van der Waals surface area (Å²) in [6, 6.07) is 14.4. The normalized spacial score (nSPS) is 17.0. The minimum Gasteiger partial charge on any atom is -0.483 e. The second-order valence-electron chi connectivity index (χ2n) is 9.62. The largest absolute Gasteiger partial charge is 0.483 e. The Kier molecular flexibility index (Phi) is 8.43. The third-order valence-electron chi connectivity index (χ3n) is 7.11. The fourth-order valence-corrected chi connectivity index (χ4v) is 5.26. The first kappa shape index (κ1) is 28.2. The fraction of sp³-hybridized carbons (Fsp3) is 0.333. The van der Waals surface area contributed by atoms with E-state index in [2.05, 4.69) is 6.07 Å². The van der Waals surface area contributed by atoms with Crippen molar-refractivity contribution in [3.8, 4) is 11.8 Å². The van der Waals surface area contributed by atoms with Gasteiger partial charge >= 0.3 is 11.9 Å². The molecule has 4 rings (SSSR count). The molecule has 2 heterocycles. The number of carbonyl (C=O) groups is 3. The number of aryl methyl sites for hydroxylation is 2. The number of amides is 1. The highest BCUT2D eigenvalue weighted by Gasteiger charge is 2.43. The molecule has 2 N–H and O–H groups in total. The van der Waals surface area contributed by atoms with Crippen molar-refractivity contribution >= 4 is 23.5 Å². The van der Waals surface area contributed by atoms with E-state index in [4.69, 9.17) is 19.9 Å². The maximum Gasteiger partial charge on any atom is 0.355 e. The number of nitriles is 1. The number of carbonyl (C=O) groups excluding carboxylic acids is 3. The molecule has 0 aliphatic carbocycles. The van der Waals surface area contributed by atoms with E-state index in [1.807, 2.05) is 0 Å². The van der Waals surface area contributed by atoms with E-state index in [9.17, 15) is 19.6 Å². The predicted molar refractivity (Wildman–Crippen MR) is 147 cm³/mol. The lowest BCUT2D eigenvalue weighted by atomic mass is 9.81. The van der Waals surface area contributed by atoms with E-state index in [1.54, 1.807) is 61.2 Å². The highest BCUT2D eigenvalue weighted by atomic mass is 16.5. The SMILES string of the molecule is COC(=O)C1=C(C(=O)OC)N(c2cc(C)c(OCC(=O)N3CCCC3)c(C)c2)C(N)=C(C#N)C1c1ccccc1. The molecule has 1 amide bonds. The number of esters is 2. The summed E-state index contributed by atoms with van der Waals surface area (Å²) in [7, 11) is 2.40. The molecule has 2 aliphatic heterocycles. The molecule has 1 saturated heterocycles. The van der Waals surface area contributed by atoms with Crippen LogP contribution in [-0.4, -0.2) is 56.7 Å². The fourth-order valence-electron chi connectivity index (χ4n) is 5.26. The van der Waals surface area contributed by atoms with E-state index in [0.717, 1.165) is 25.9 Å². The molecule has 208 valence electrons. The van der Waals surface area contributed by atoms with Crippen LogP contribution in [0.1, 0.15) is 35.4 Å². The number of hydrogen-bond donors (Lipinski definition) is 1. The quantitative estimate of drug-likeness (QED) is 0.521. The molecule has 1 fully saturated rings. The molecule has 1 unspecified atom stereocenters. The van der Waals surface area contributed by atoms with Gasteiger partial charge in [-0.2, -0.15) is 5.26 Å². The molecule has 10 nitrogen and oxygen atoms in total. The van der Waals surface area contributed by atoms with Crippen LogP contribution >= 0.6 is 0 Å². The molecule has 40 heavy (non-hydrogen) atoms. The Labute approximate surface area is 233 Å². The Bertz CT molecular complexity index is 1410. The van der Waals surface area contributed by atoms with Gasteiger partial charge in [-0.25, -0.2) is 9.59 Å². The summed E-state index contributed by atoms with van der Waals surface area (Å²) >= 11 is 0. The zero-order valence-electron chi connectivity index (χ0n) is 23.0. The van der Waals surface area contributed by atoms with Gasteiger partial charge in [0.05, 0.1) is 37.4 Å². The molecule has 2 aromatic rings. The Morgan fingerprint density at radius 1 is 1.00 bits per heavy atom. The highest BCUT2D eigenvalue weighted by molar-refractivity contribution is 6.06. The lowest BCUT2D eigenvalue weighted by Crippen LogP contribution is -2.40. The summed E-state index contributed by atoms with van der Waals surface area (Å²) in [5.74, 6) is -2.16. The van der Waals surface area contributed by atoms with Gasteiger partial charge in [-0.3, -0.25) is 9.69 Å². The number of methoxy groups -OCH3 is 2. The van der Waals surface area contributed by atoms with E-state index in [-0.39, 0.29) is 35.2 Å². The third kappa shape index (κ3) is 5.23. The lowest BCUT2D eigenvalue weighted by molar-refractivity contribution is -0.139. The average Bonchev–Trinajstić information content (AvgIpc) is 3.51. The predicted octanol–water partition coefficient (Wildman–Crippen LogP) is 3.20. The average molecular weight is 545 g/mol. The van der Waals surface area contributed by atoms with Crippen molar-refractivity contribution in [3.05, 3.63) is 81.8 Å². The van der Waals surface area contributed by atoms with Crippen molar-refractivity contribution in [3.63, 3.8) is 0 Å². The van der Waals surface area contributed by atoms with E-state index >= 15 is 0 Å².